The number of aliphatic hydroxyl groups excluding tert-OH is 2. The number of allylic oxidation sites excluding steroid dienone is 1. The van der Waals surface area contributed by atoms with Crippen molar-refractivity contribution in [1.29, 1.82) is 0 Å². The largest absolute Gasteiger partial charge is 0.459 e. The second-order valence-corrected chi connectivity index (χ2v) is 18.0. The SMILES string of the molecule is C=CCOC12Oc3ccc(Oc4ccc(SC)cc4)cc3C3C(CCCCO)C(CCCCO)C=C(C(=NOC4CCCCO4)CC1N(CCC)C(=O)C=Cc1ccc([N+](=O)[O-])cc1)C32. The first-order valence-corrected chi connectivity index (χ1v) is 24.4. The first-order chi connectivity index (χ1) is 31.7. The average Bonchev–Trinajstić information content (AvgIpc) is 3.33. The molecule has 0 bridgehead atoms. The van der Waals surface area contributed by atoms with Crippen LogP contribution in [0.5, 0.6) is 17.2 Å². The molecule has 7 atom stereocenters. The van der Waals surface area contributed by atoms with Gasteiger partial charge in [0, 0.05) is 67.2 Å². The number of hydrogen-bond acceptors (Lipinski definition) is 12. The summed E-state index contributed by atoms with van der Waals surface area (Å²) in [4.78, 5) is 34.9. The van der Waals surface area contributed by atoms with Gasteiger partial charge in [-0.05, 0) is 135 Å². The van der Waals surface area contributed by atoms with Gasteiger partial charge in [-0.25, -0.2) is 0 Å². The average molecular weight is 910 g/mol. The third-order valence-electron chi connectivity index (χ3n) is 13.0. The molecule has 3 aromatic rings. The van der Waals surface area contributed by atoms with Crippen molar-refractivity contribution in [3.8, 4) is 17.2 Å². The van der Waals surface area contributed by atoms with Gasteiger partial charge in [0.1, 0.15) is 23.3 Å². The zero-order chi connectivity index (χ0) is 45.8. The Bertz CT molecular complexity index is 2170. The number of nitro benzene ring substituents is 1. The highest BCUT2D eigenvalue weighted by molar-refractivity contribution is 7.98. The number of carbonyl (C=O) groups is 1. The molecule has 2 heterocycles. The predicted octanol–water partition coefficient (Wildman–Crippen LogP) is 10.2. The molecule has 3 aromatic carbocycles. The van der Waals surface area contributed by atoms with Crippen molar-refractivity contribution in [2.75, 3.05) is 39.2 Å². The fourth-order valence-corrected chi connectivity index (χ4v) is 10.4. The Labute approximate surface area is 386 Å². The minimum absolute atomic E-state index is 0.0355. The number of rotatable bonds is 22. The quantitative estimate of drug-likeness (QED) is 0.0246. The number of ether oxygens (including phenoxy) is 4. The number of aliphatic hydroxyl groups is 2. The second kappa shape index (κ2) is 23.0. The summed E-state index contributed by atoms with van der Waals surface area (Å²) in [5.74, 6) is -0.318. The van der Waals surface area contributed by atoms with Crippen LogP contribution in [0.1, 0.15) is 94.6 Å². The molecule has 14 heteroatoms. The Balaban J connectivity index is 1.41. The van der Waals surface area contributed by atoms with Crippen molar-refractivity contribution in [3.63, 3.8) is 0 Å². The van der Waals surface area contributed by atoms with Crippen LogP contribution >= 0.6 is 11.8 Å². The lowest BCUT2D eigenvalue weighted by Crippen LogP contribution is -2.70. The molecule has 65 heavy (non-hydrogen) atoms. The van der Waals surface area contributed by atoms with Crippen molar-refractivity contribution in [2.45, 2.75) is 106 Å². The Kier molecular flexibility index (Phi) is 16.9. The first kappa shape index (κ1) is 48.0. The number of unbranched alkanes of at least 4 members (excludes halogenated alkanes) is 2. The number of thioether (sulfide) groups is 1. The van der Waals surface area contributed by atoms with Gasteiger partial charge in [-0.2, -0.15) is 0 Å². The van der Waals surface area contributed by atoms with Gasteiger partial charge in [-0.15, -0.1) is 18.3 Å². The van der Waals surface area contributed by atoms with Gasteiger partial charge in [0.25, 0.3) is 5.69 Å². The van der Waals surface area contributed by atoms with E-state index < -0.39 is 29.0 Å². The maximum absolute atomic E-state index is 14.8. The Morgan fingerprint density at radius 2 is 1.78 bits per heavy atom. The topological polar surface area (TPSA) is 162 Å². The highest BCUT2D eigenvalue weighted by Crippen LogP contribution is 2.62. The molecule has 4 aliphatic rings. The van der Waals surface area contributed by atoms with E-state index in [0.717, 1.165) is 54.6 Å². The Morgan fingerprint density at radius 3 is 2.46 bits per heavy atom. The summed E-state index contributed by atoms with van der Waals surface area (Å²) in [5, 5.41) is 36.3. The van der Waals surface area contributed by atoms with E-state index in [1.165, 1.54) is 18.2 Å². The number of nitrogens with zero attached hydrogens (tertiary/aromatic N) is 3. The summed E-state index contributed by atoms with van der Waals surface area (Å²) in [6.07, 6.45) is 16.8. The minimum atomic E-state index is -1.43. The van der Waals surface area contributed by atoms with Crippen molar-refractivity contribution in [1.82, 2.24) is 4.90 Å². The first-order valence-electron chi connectivity index (χ1n) is 23.1. The predicted molar refractivity (Wildman–Crippen MR) is 252 cm³/mol. The molecule has 7 rings (SSSR count). The van der Waals surface area contributed by atoms with E-state index in [2.05, 4.69) is 18.7 Å². The van der Waals surface area contributed by atoms with E-state index >= 15 is 0 Å². The highest BCUT2D eigenvalue weighted by atomic mass is 32.2. The normalized spacial score (nSPS) is 25.2. The van der Waals surface area contributed by atoms with Gasteiger partial charge < -0.3 is 38.9 Å². The third-order valence-corrected chi connectivity index (χ3v) is 13.7. The van der Waals surface area contributed by atoms with E-state index in [0.29, 0.717) is 67.4 Å². The number of carbonyl (C=O) groups excluding carboxylic acids is 1. The highest BCUT2D eigenvalue weighted by Gasteiger charge is 2.65. The lowest BCUT2D eigenvalue weighted by Gasteiger charge is -2.60. The molecular weight excluding hydrogens is 847 g/mol. The van der Waals surface area contributed by atoms with E-state index in [4.69, 9.17) is 28.9 Å². The number of amides is 1. The van der Waals surface area contributed by atoms with Crippen molar-refractivity contribution < 1.29 is 43.7 Å². The summed E-state index contributed by atoms with van der Waals surface area (Å²) in [7, 11) is 0. The molecule has 0 radical (unpaired) electrons. The number of nitro groups is 1. The van der Waals surface area contributed by atoms with Gasteiger partial charge >= 0.3 is 0 Å². The summed E-state index contributed by atoms with van der Waals surface area (Å²) in [6.45, 7) is 7.34. The maximum Gasteiger partial charge on any atom is 0.269 e. The zero-order valence-electron chi connectivity index (χ0n) is 37.6. The smallest absolute Gasteiger partial charge is 0.269 e. The van der Waals surface area contributed by atoms with Crippen LogP contribution in [-0.2, 0) is 19.1 Å². The second-order valence-electron chi connectivity index (χ2n) is 17.2. The van der Waals surface area contributed by atoms with Crippen LogP contribution in [0, 0.1) is 27.9 Å². The molecule has 1 saturated heterocycles. The van der Waals surface area contributed by atoms with E-state index in [1.807, 2.05) is 54.5 Å². The monoisotopic (exact) mass is 909 g/mol. The molecule has 0 aromatic heterocycles. The molecule has 7 unspecified atom stereocenters. The molecule has 2 aliphatic carbocycles. The van der Waals surface area contributed by atoms with Gasteiger partial charge in [0.2, 0.25) is 18.0 Å². The van der Waals surface area contributed by atoms with Gasteiger partial charge in [-0.1, -0.05) is 37.1 Å². The van der Waals surface area contributed by atoms with Crippen LogP contribution < -0.4 is 9.47 Å². The molecule has 2 aliphatic heterocycles. The van der Waals surface area contributed by atoms with Crippen LogP contribution in [0.2, 0.25) is 0 Å². The fourth-order valence-electron chi connectivity index (χ4n) is 10.0. The zero-order valence-corrected chi connectivity index (χ0v) is 38.4. The molecule has 13 nitrogen and oxygen atoms in total. The van der Waals surface area contributed by atoms with Crippen LogP contribution in [-0.4, -0.2) is 89.0 Å². The summed E-state index contributed by atoms with van der Waals surface area (Å²) in [6, 6.07) is 19.3. The van der Waals surface area contributed by atoms with Crippen molar-refractivity contribution in [3.05, 3.63) is 118 Å². The minimum Gasteiger partial charge on any atom is -0.459 e. The maximum atomic E-state index is 14.8. The summed E-state index contributed by atoms with van der Waals surface area (Å²) >= 11 is 1.67. The van der Waals surface area contributed by atoms with E-state index in [1.54, 1.807) is 36.0 Å². The fraction of sp³-hybridized carbons (Fsp3) is 0.490. The van der Waals surface area contributed by atoms with Crippen LogP contribution in [0.4, 0.5) is 5.69 Å². The molecule has 348 valence electrons. The number of benzene rings is 3. The number of oxime groups is 1. The standard InChI is InChI=1S/C51H63N3O10S/c1-4-27-53(47(57)26-17-35-15-18-37(19-16-35)54(58)59)46-34-44(52-64-48-14-8-11-31-60-48)42-32-36(12-6-9-28-55)41(13-7-10-29-56)49-43-33-39(62-38-20-23-40(65-3)24-21-38)22-25-45(43)63-51(46,50(42)49)61-30-5-2/h5,15-26,32-33,36,41,46,48-50,55-56H,2,4,6-14,27-31,34H2,1,3H3. The summed E-state index contributed by atoms with van der Waals surface area (Å²) < 4.78 is 27.0. The van der Waals surface area contributed by atoms with Crippen molar-refractivity contribution >= 4 is 35.1 Å². The molecular formula is C51H63N3O10S. The Morgan fingerprint density at radius 1 is 1.03 bits per heavy atom. The van der Waals surface area contributed by atoms with Crippen LogP contribution in [0.25, 0.3) is 6.08 Å². The molecule has 1 amide bonds. The lowest BCUT2D eigenvalue weighted by molar-refractivity contribution is -0.384. The van der Waals surface area contributed by atoms with Crippen LogP contribution in [0.15, 0.2) is 107 Å². The molecule has 2 N–H and O–H groups in total. The number of fused-ring (bicyclic) bond motifs is 2. The van der Waals surface area contributed by atoms with Crippen LogP contribution in [0.3, 0.4) is 0 Å². The van der Waals surface area contributed by atoms with E-state index in [-0.39, 0.29) is 55.6 Å². The lowest BCUT2D eigenvalue weighted by atomic mass is 9.55. The molecule has 0 spiro atoms. The van der Waals surface area contributed by atoms with Gasteiger partial charge in [-0.3, -0.25) is 14.9 Å². The molecule has 1 saturated carbocycles. The third kappa shape index (κ3) is 11.2. The Hall–Kier alpha value is -4.99. The summed E-state index contributed by atoms with van der Waals surface area (Å²) in [5.41, 5.74) is 3.20. The van der Waals surface area contributed by atoms with Gasteiger partial charge in [0.15, 0.2) is 0 Å². The van der Waals surface area contributed by atoms with E-state index in [9.17, 15) is 25.1 Å². The van der Waals surface area contributed by atoms with Gasteiger partial charge in [0.05, 0.1) is 29.8 Å². The number of hydrogen-bond donors (Lipinski definition) is 2. The number of non-ortho nitro benzene ring substituents is 1. The van der Waals surface area contributed by atoms with Crippen molar-refractivity contribution in [2.24, 2.45) is 22.9 Å². The molecule has 2 fully saturated rings.